The molecule has 0 aliphatic carbocycles. The molecule has 0 aromatic heterocycles. The van der Waals surface area contributed by atoms with Gasteiger partial charge in [-0.1, -0.05) is 24.3 Å². The lowest BCUT2D eigenvalue weighted by molar-refractivity contribution is -0.119. The first kappa shape index (κ1) is 15.3. The van der Waals surface area contributed by atoms with Crippen LogP contribution in [0, 0.1) is 0 Å². The van der Waals surface area contributed by atoms with Crippen molar-refractivity contribution in [2.75, 3.05) is 19.8 Å². The van der Waals surface area contributed by atoms with Crippen molar-refractivity contribution in [2.24, 2.45) is 0 Å². The number of rotatable bonds is 9. The van der Waals surface area contributed by atoms with Gasteiger partial charge < -0.3 is 19.7 Å². The molecule has 2 unspecified atom stereocenters. The van der Waals surface area contributed by atoms with Gasteiger partial charge in [-0.2, -0.15) is 0 Å². The molecule has 0 amide bonds. The van der Waals surface area contributed by atoms with Crippen LogP contribution in [0.3, 0.4) is 0 Å². The summed E-state index contributed by atoms with van der Waals surface area (Å²) in [7, 11) is 0. The Morgan fingerprint density at radius 3 is 2.19 bits per heavy atom. The predicted molar refractivity (Wildman–Crippen MR) is 63.0 cm³/mol. The van der Waals surface area contributed by atoms with Crippen LogP contribution in [-0.4, -0.2) is 42.4 Å². The number of aliphatic hydroxyl groups is 2. The number of hydrogen-bond acceptors (Lipinski definition) is 4. The Kier molecular flexibility index (Phi) is 8.11. The zero-order valence-electron chi connectivity index (χ0n) is 10.1. The molecule has 0 saturated heterocycles. The van der Waals surface area contributed by atoms with E-state index in [4.69, 9.17) is 9.47 Å². The standard InChI is InChI=1S/C12H22O4/c1-9(2)6-15-8-11(13)5-12(14)16-7-10(3)4/h11-14H,1,3,5-8H2,2,4H3. The minimum Gasteiger partial charge on any atom is -0.391 e. The quantitative estimate of drug-likeness (QED) is 0.462. The smallest absolute Gasteiger partial charge is 0.157 e. The third kappa shape index (κ3) is 9.86. The fourth-order valence-corrected chi connectivity index (χ4v) is 0.976. The van der Waals surface area contributed by atoms with Gasteiger partial charge in [0.15, 0.2) is 6.29 Å². The first-order chi connectivity index (χ1) is 7.41. The van der Waals surface area contributed by atoms with Gasteiger partial charge in [-0.15, -0.1) is 0 Å². The van der Waals surface area contributed by atoms with E-state index in [1.807, 2.05) is 6.92 Å². The molecule has 0 aromatic rings. The van der Waals surface area contributed by atoms with Gasteiger partial charge in [0.05, 0.1) is 25.9 Å². The van der Waals surface area contributed by atoms with E-state index in [-0.39, 0.29) is 13.0 Å². The lowest BCUT2D eigenvalue weighted by Gasteiger charge is -2.16. The summed E-state index contributed by atoms with van der Waals surface area (Å²) in [5, 5.41) is 18.9. The molecular formula is C12H22O4. The highest BCUT2D eigenvalue weighted by atomic mass is 16.6. The van der Waals surface area contributed by atoms with E-state index in [0.29, 0.717) is 13.2 Å². The molecule has 0 fully saturated rings. The molecule has 0 aliphatic rings. The van der Waals surface area contributed by atoms with Gasteiger partial charge in [-0.3, -0.25) is 0 Å². The van der Waals surface area contributed by atoms with Gasteiger partial charge in [0.2, 0.25) is 0 Å². The molecule has 2 N–H and O–H groups in total. The maximum Gasteiger partial charge on any atom is 0.157 e. The highest BCUT2D eigenvalue weighted by Gasteiger charge is 2.12. The summed E-state index contributed by atoms with van der Waals surface area (Å²) in [5.41, 5.74) is 1.72. The Morgan fingerprint density at radius 2 is 1.69 bits per heavy atom. The molecule has 4 nitrogen and oxygen atoms in total. The number of ether oxygens (including phenoxy) is 2. The third-order valence-corrected chi connectivity index (χ3v) is 1.65. The Labute approximate surface area is 97.2 Å². The van der Waals surface area contributed by atoms with Gasteiger partial charge in [0, 0.05) is 6.42 Å². The van der Waals surface area contributed by atoms with Crippen molar-refractivity contribution in [1.29, 1.82) is 0 Å². The number of aliphatic hydroxyl groups excluding tert-OH is 2. The molecule has 0 radical (unpaired) electrons. The van der Waals surface area contributed by atoms with E-state index < -0.39 is 12.4 Å². The highest BCUT2D eigenvalue weighted by molar-refractivity contribution is 4.88. The van der Waals surface area contributed by atoms with Crippen molar-refractivity contribution in [3.8, 4) is 0 Å². The minimum atomic E-state index is -0.986. The van der Waals surface area contributed by atoms with Crippen LogP contribution in [-0.2, 0) is 9.47 Å². The van der Waals surface area contributed by atoms with Crippen LogP contribution in [0.5, 0.6) is 0 Å². The molecule has 0 aliphatic heterocycles. The maximum absolute atomic E-state index is 9.48. The first-order valence-electron chi connectivity index (χ1n) is 5.26. The van der Waals surface area contributed by atoms with Crippen molar-refractivity contribution in [3.63, 3.8) is 0 Å². The normalized spacial score (nSPS) is 14.5. The topological polar surface area (TPSA) is 58.9 Å². The van der Waals surface area contributed by atoms with Crippen molar-refractivity contribution in [1.82, 2.24) is 0 Å². The second kappa shape index (κ2) is 8.47. The zero-order valence-corrected chi connectivity index (χ0v) is 10.1. The molecule has 2 atom stereocenters. The molecular weight excluding hydrogens is 208 g/mol. The van der Waals surface area contributed by atoms with Crippen LogP contribution in [0.4, 0.5) is 0 Å². The van der Waals surface area contributed by atoms with Gasteiger partial charge in [0.25, 0.3) is 0 Å². The zero-order chi connectivity index (χ0) is 12.6. The van der Waals surface area contributed by atoms with Gasteiger partial charge in [-0.05, 0) is 13.8 Å². The van der Waals surface area contributed by atoms with E-state index >= 15 is 0 Å². The summed E-state index contributed by atoms with van der Waals surface area (Å²) >= 11 is 0. The Balaban J connectivity index is 3.57. The van der Waals surface area contributed by atoms with Crippen LogP contribution >= 0.6 is 0 Å². The summed E-state index contributed by atoms with van der Waals surface area (Å²) in [6.45, 7) is 11.8. The Bertz CT molecular complexity index is 225. The Morgan fingerprint density at radius 1 is 1.12 bits per heavy atom. The van der Waals surface area contributed by atoms with Crippen molar-refractivity contribution in [3.05, 3.63) is 24.3 Å². The van der Waals surface area contributed by atoms with Crippen LogP contribution in [0.25, 0.3) is 0 Å². The molecule has 0 rings (SSSR count). The average molecular weight is 230 g/mol. The summed E-state index contributed by atoms with van der Waals surface area (Å²) in [6, 6.07) is 0. The molecule has 0 saturated carbocycles. The highest BCUT2D eigenvalue weighted by Crippen LogP contribution is 2.03. The summed E-state index contributed by atoms with van der Waals surface area (Å²) in [5.74, 6) is 0. The van der Waals surface area contributed by atoms with Crippen LogP contribution in [0.15, 0.2) is 24.3 Å². The van der Waals surface area contributed by atoms with E-state index in [9.17, 15) is 10.2 Å². The molecule has 0 spiro atoms. The van der Waals surface area contributed by atoms with Crippen LogP contribution in [0.1, 0.15) is 20.3 Å². The monoisotopic (exact) mass is 230 g/mol. The largest absolute Gasteiger partial charge is 0.391 e. The molecule has 0 aromatic carbocycles. The first-order valence-corrected chi connectivity index (χ1v) is 5.26. The van der Waals surface area contributed by atoms with Gasteiger partial charge >= 0.3 is 0 Å². The molecule has 94 valence electrons. The second-order valence-electron chi connectivity index (χ2n) is 4.08. The number of hydrogen-bond donors (Lipinski definition) is 2. The van der Waals surface area contributed by atoms with Crippen LogP contribution in [0.2, 0.25) is 0 Å². The van der Waals surface area contributed by atoms with Gasteiger partial charge in [-0.25, -0.2) is 0 Å². The molecule has 0 bridgehead atoms. The fraction of sp³-hybridized carbons (Fsp3) is 0.667. The molecule has 16 heavy (non-hydrogen) atoms. The van der Waals surface area contributed by atoms with Crippen molar-refractivity contribution >= 4 is 0 Å². The maximum atomic E-state index is 9.48. The predicted octanol–water partition coefficient (Wildman–Crippen LogP) is 1.24. The third-order valence-electron chi connectivity index (χ3n) is 1.65. The Hall–Kier alpha value is -0.680. The lowest BCUT2D eigenvalue weighted by Crippen LogP contribution is -2.25. The summed E-state index contributed by atoms with van der Waals surface area (Å²) in [4.78, 5) is 0. The SMILES string of the molecule is C=C(C)COCC(O)CC(O)OCC(=C)C. The average Bonchev–Trinajstić information content (AvgIpc) is 2.14. The lowest BCUT2D eigenvalue weighted by atomic mass is 10.2. The van der Waals surface area contributed by atoms with E-state index in [1.54, 1.807) is 6.92 Å². The van der Waals surface area contributed by atoms with Crippen molar-refractivity contribution < 1.29 is 19.7 Å². The van der Waals surface area contributed by atoms with Crippen LogP contribution < -0.4 is 0 Å². The fourth-order valence-electron chi connectivity index (χ4n) is 0.976. The minimum absolute atomic E-state index is 0.128. The van der Waals surface area contributed by atoms with E-state index in [2.05, 4.69) is 13.2 Å². The van der Waals surface area contributed by atoms with Crippen molar-refractivity contribution in [2.45, 2.75) is 32.7 Å². The van der Waals surface area contributed by atoms with E-state index in [0.717, 1.165) is 11.1 Å². The van der Waals surface area contributed by atoms with Gasteiger partial charge in [0.1, 0.15) is 0 Å². The van der Waals surface area contributed by atoms with E-state index in [1.165, 1.54) is 0 Å². The molecule has 4 heteroatoms. The summed E-state index contributed by atoms with van der Waals surface area (Å²) in [6.07, 6.45) is -1.59. The summed E-state index contributed by atoms with van der Waals surface area (Å²) < 4.78 is 10.2. The second-order valence-corrected chi connectivity index (χ2v) is 4.08. The molecule has 0 heterocycles.